The summed E-state index contributed by atoms with van der Waals surface area (Å²) in [6.07, 6.45) is 0. The van der Waals surface area contributed by atoms with Gasteiger partial charge in [-0.2, -0.15) is 5.10 Å². The van der Waals surface area contributed by atoms with Crippen LogP contribution in [0.25, 0.3) is 0 Å². The SMILES string of the molecule is O=C(NCc1ccc(Cl)cc1)N1CC(c2ccc(F)cc2)C(c2ccc(Cl)cc2)=N1. The molecule has 3 aromatic rings. The normalized spacial score (nSPS) is 15.8. The minimum Gasteiger partial charge on any atom is -0.332 e. The molecule has 2 amide bonds. The maximum absolute atomic E-state index is 13.4. The number of carbonyl (C=O) groups excluding carboxylic acids is 1. The van der Waals surface area contributed by atoms with Crippen LogP contribution in [-0.2, 0) is 6.54 Å². The largest absolute Gasteiger partial charge is 0.338 e. The molecule has 0 aliphatic carbocycles. The molecule has 3 aromatic carbocycles. The maximum atomic E-state index is 13.4. The maximum Gasteiger partial charge on any atom is 0.338 e. The Kier molecular flexibility index (Phi) is 6.02. The summed E-state index contributed by atoms with van der Waals surface area (Å²) in [6.45, 7) is 0.718. The van der Waals surface area contributed by atoms with E-state index in [9.17, 15) is 9.18 Å². The molecule has 0 fully saturated rings. The quantitative estimate of drug-likeness (QED) is 0.542. The van der Waals surface area contributed by atoms with Gasteiger partial charge in [0.2, 0.25) is 0 Å². The Morgan fingerprint density at radius 1 is 0.967 bits per heavy atom. The lowest BCUT2D eigenvalue weighted by molar-refractivity contribution is 0.203. The highest BCUT2D eigenvalue weighted by atomic mass is 35.5. The molecule has 1 aliphatic heterocycles. The summed E-state index contributed by atoms with van der Waals surface area (Å²) in [4.78, 5) is 12.7. The molecule has 152 valence electrons. The first-order valence-corrected chi connectivity index (χ1v) is 10.1. The molecule has 0 aromatic heterocycles. The van der Waals surface area contributed by atoms with Gasteiger partial charge in [0.15, 0.2) is 0 Å². The summed E-state index contributed by atoms with van der Waals surface area (Å²) in [5.74, 6) is -0.479. The van der Waals surface area contributed by atoms with Crippen LogP contribution >= 0.6 is 23.2 Å². The van der Waals surface area contributed by atoms with Crippen LogP contribution < -0.4 is 5.32 Å². The summed E-state index contributed by atoms with van der Waals surface area (Å²) in [5, 5.41) is 10.1. The monoisotopic (exact) mass is 441 g/mol. The minimum atomic E-state index is -0.306. The first kappa shape index (κ1) is 20.4. The van der Waals surface area contributed by atoms with Crippen LogP contribution in [0.4, 0.5) is 9.18 Å². The lowest BCUT2D eigenvalue weighted by Crippen LogP contribution is -2.35. The van der Waals surface area contributed by atoms with Gasteiger partial charge in [0.1, 0.15) is 5.82 Å². The van der Waals surface area contributed by atoms with Crippen molar-refractivity contribution in [3.63, 3.8) is 0 Å². The first-order chi connectivity index (χ1) is 14.5. The summed E-state index contributed by atoms with van der Waals surface area (Å²) in [6, 6.07) is 20.5. The molecule has 4 nitrogen and oxygen atoms in total. The fraction of sp³-hybridized carbons (Fsp3) is 0.130. The van der Waals surface area contributed by atoms with Gasteiger partial charge in [-0.05, 0) is 53.1 Å². The van der Waals surface area contributed by atoms with Crippen molar-refractivity contribution in [2.75, 3.05) is 6.54 Å². The fourth-order valence-corrected chi connectivity index (χ4v) is 3.59. The predicted molar refractivity (Wildman–Crippen MR) is 118 cm³/mol. The van der Waals surface area contributed by atoms with Crippen molar-refractivity contribution in [1.29, 1.82) is 0 Å². The number of amides is 2. The lowest BCUT2D eigenvalue weighted by atomic mass is 9.90. The molecular formula is C23H18Cl2FN3O. The topological polar surface area (TPSA) is 44.7 Å². The van der Waals surface area contributed by atoms with Gasteiger partial charge in [0, 0.05) is 22.5 Å². The Morgan fingerprint density at radius 2 is 1.57 bits per heavy atom. The van der Waals surface area contributed by atoms with Gasteiger partial charge in [-0.1, -0.05) is 59.6 Å². The number of benzene rings is 3. The molecule has 30 heavy (non-hydrogen) atoms. The van der Waals surface area contributed by atoms with Crippen molar-refractivity contribution in [3.05, 3.63) is 105 Å². The molecule has 1 unspecified atom stereocenters. The summed E-state index contributed by atoms with van der Waals surface area (Å²) in [5.41, 5.74) is 3.42. The Labute approximate surface area is 183 Å². The van der Waals surface area contributed by atoms with Crippen LogP contribution in [0.5, 0.6) is 0 Å². The van der Waals surface area contributed by atoms with Crippen molar-refractivity contribution >= 4 is 34.9 Å². The number of hydrogen-bond acceptors (Lipinski definition) is 2. The summed E-state index contributed by atoms with van der Waals surface area (Å²) < 4.78 is 13.4. The molecule has 0 saturated carbocycles. The molecule has 0 saturated heterocycles. The Balaban J connectivity index is 1.55. The highest BCUT2D eigenvalue weighted by Crippen LogP contribution is 2.29. The molecule has 1 heterocycles. The zero-order valence-corrected chi connectivity index (χ0v) is 17.4. The van der Waals surface area contributed by atoms with E-state index in [1.54, 1.807) is 36.4 Å². The Morgan fingerprint density at radius 3 is 2.20 bits per heavy atom. The van der Waals surface area contributed by atoms with Crippen molar-refractivity contribution in [1.82, 2.24) is 10.3 Å². The highest BCUT2D eigenvalue weighted by molar-refractivity contribution is 6.31. The third kappa shape index (κ3) is 4.64. The van der Waals surface area contributed by atoms with E-state index in [1.165, 1.54) is 17.1 Å². The van der Waals surface area contributed by atoms with Gasteiger partial charge in [0.25, 0.3) is 0 Å². The number of hydrazone groups is 1. The fourth-order valence-electron chi connectivity index (χ4n) is 3.34. The van der Waals surface area contributed by atoms with E-state index in [0.29, 0.717) is 23.1 Å². The zero-order chi connectivity index (χ0) is 21.1. The number of nitrogens with one attached hydrogen (secondary N) is 1. The van der Waals surface area contributed by atoms with Gasteiger partial charge >= 0.3 is 6.03 Å². The van der Waals surface area contributed by atoms with E-state index in [2.05, 4.69) is 10.4 Å². The average molecular weight is 442 g/mol. The summed E-state index contributed by atoms with van der Waals surface area (Å²) >= 11 is 11.9. The van der Waals surface area contributed by atoms with Crippen LogP contribution in [0.15, 0.2) is 77.9 Å². The molecule has 1 aliphatic rings. The molecule has 7 heteroatoms. The molecule has 0 bridgehead atoms. The molecule has 1 atom stereocenters. The number of urea groups is 1. The van der Waals surface area contributed by atoms with Crippen molar-refractivity contribution in [2.24, 2.45) is 5.10 Å². The first-order valence-electron chi connectivity index (χ1n) is 9.39. The number of halogens is 3. The lowest BCUT2D eigenvalue weighted by Gasteiger charge is -2.16. The minimum absolute atomic E-state index is 0.173. The van der Waals surface area contributed by atoms with Crippen molar-refractivity contribution < 1.29 is 9.18 Å². The summed E-state index contributed by atoms with van der Waals surface area (Å²) in [7, 11) is 0. The van der Waals surface area contributed by atoms with Crippen molar-refractivity contribution in [2.45, 2.75) is 12.5 Å². The van der Waals surface area contributed by atoms with Crippen molar-refractivity contribution in [3.8, 4) is 0 Å². The average Bonchev–Trinajstić information content (AvgIpc) is 3.20. The van der Waals surface area contributed by atoms with E-state index >= 15 is 0 Å². The Bertz CT molecular complexity index is 1070. The van der Waals surface area contributed by atoms with Crippen LogP contribution in [0.1, 0.15) is 22.6 Å². The number of hydrogen-bond donors (Lipinski definition) is 1. The van der Waals surface area contributed by atoms with Gasteiger partial charge in [0.05, 0.1) is 12.3 Å². The second kappa shape index (κ2) is 8.86. The molecule has 4 rings (SSSR count). The van der Waals surface area contributed by atoms with E-state index < -0.39 is 0 Å². The van der Waals surface area contributed by atoms with Crippen LogP contribution in [0, 0.1) is 5.82 Å². The second-order valence-corrected chi connectivity index (χ2v) is 7.84. The van der Waals surface area contributed by atoms with E-state index in [-0.39, 0.29) is 17.8 Å². The van der Waals surface area contributed by atoms with Crippen LogP contribution in [0.3, 0.4) is 0 Å². The third-order valence-corrected chi connectivity index (χ3v) is 5.42. The van der Waals surface area contributed by atoms with Gasteiger partial charge in [-0.25, -0.2) is 14.2 Å². The third-order valence-electron chi connectivity index (χ3n) is 4.92. The molecule has 0 spiro atoms. The molecule has 0 radical (unpaired) electrons. The molecule has 1 N–H and O–H groups in total. The number of carbonyl (C=O) groups is 1. The van der Waals surface area contributed by atoms with Gasteiger partial charge < -0.3 is 5.32 Å². The predicted octanol–water partition coefficient (Wildman–Crippen LogP) is 5.85. The zero-order valence-electron chi connectivity index (χ0n) is 15.9. The Hall–Kier alpha value is -2.89. The van der Waals surface area contributed by atoms with Crippen LogP contribution in [0.2, 0.25) is 10.0 Å². The van der Waals surface area contributed by atoms with E-state index in [1.807, 2.05) is 24.3 Å². The molecular weight excluding hydrogens is 424 g/mol. The number of nitrogens with zero attached hydrogens (tertiary/aromatic N) is 2. The van der Waals surface area contributed by atoms with E-state index in [4.69, 9.17) is 23.2 Å². The van der Waals surface area contributed by atoms with E-state index in [0.717, 1.165) is 22.4 Å². The van der Waals surface area contributed by atoms with Gasteiger partial charge in [-0.3, -0.25) is 0 Å². The van der Waals surface area contributed by atoms with Crippen LogP contribution in [-0.4, -0.2) is 23.3 Å². The standard InChI is InChI=1S/C23H18Cl2FN3O/c24-18-7-1-15(2-8-18)13-27-23(30)29-14-21(16-5-11-20(26)12-6-16)22(28-29)17-3-9-19(25)10-4-17/h1-12,21H,13-14H2,(H,27,30). The number of rotatable bonds is 4. The smallest absolute Gasteiger partial charge is 0.332 e. The second-order valence-electron chi connectivity index (χ2n) is 6.96. The highest BCUT2D eigenvalue weighted by Gasteiger charge is 2.32. The van der Waals surface area contributed by atoms with Gasteiger partial charge in [-0.15, -0.1) is 0 Å².